The Balaban J connectivity index is 2.62. The summed E-state index contributed by atoms with van der Waals surface area (Å²) in [4.78, 5) is 35.4. The smallest absolute Gasteiger partial charge is 0.335 e. The lowest BCUT2D eigenvalue weighted by molar-refractivity contribution is -0.162. The lowest BCUT2D eigenvalue weighted by Gasteiger charge is -2.26. The van der Waals surface area contributed by atoms with Crippen LogP contribution in [0.15, 0.2) is 12.2 Å². The van der Waals surface area contributed by atoms with E-state index >= 15 is 0 Å². The zero-order chi connectivity index (χ0) is 22.7. The number of carboxylic acid groups (broad SMARTS) is 1. The van der Waals surface area contributed by atoms with Crippen LogP contribution in [0.3, 0.4) is 0 Å². The Morgan fingerprint density at radius 1 is 1.23 bits per heavy atom. The van der Waals surface area contributed by atoms with Gasteiger partial charge in [0.15, 0.2) is 5.60 Å². The molecule has 1 fully saturated rings. The Bertz CT molecular complexity index is 598. The first-order valence-corrected chi connectivity index (χ1v) is 11.5. The molecule has 1 rings (SSSR count). The van der Waals surface area contributed by atoms with Crippen molar-refractivity contribution in [3.05, 3.63) is 12.2 Å². The van der Waals surface area contributed by atoms with Gasteiger partial charge in [0.2, 0.25) is 5.91 Å². The topological polar surface area (TPSA) is 104 Å². The number of amides is 1. The highest BCUT2D eigenvalue weighted by Gasteiger charge is 2.41. The summed E-state index contributed by atoms with van der Waals surface area (Å²) in [5, 5.41) is 22.1. The van der Waals surface area contributed by atoms with Crippen LogP contribution in [0.4, 0.5) is 0 Å². The third-order valence-corrected chi connectivity index (χ3v) is 6.53. The van der Waals surface area contributed by atoms with Crippen molar-refractivity contribution in [3.63, 3.8) is 0 Å². The van der Waals surface area contributed by atoms with Crippen LogP contribution < -0.4 is 5.32 Å². The number of hydrogen-bond acceptors (Lipinski definition) is 4. The third-order valence-electron chi connectivity index (χ3n) is 6.53. The van der Waals surface area contributed by atoms with Crippen molar-refractivity contribution in [1.82, 2.24) is 5.32 Å². The molecule has 0 aromatic rings. The van der Waals surface area contributed by atoms with Gasteiger partial charge < -0.3 is 15.5 Å². The van der Waals surface area contributed by atoms with Crippen molar-refractivity contribution >= 4 is 17.7 Å². The van der Waals surface area contributed by atoms with Gasteiger partial charge >= 0.3 is 5.97 Å². The van der Waals surface area contributed by atoms with E-state index in [9.17, 15) is 19.5 Å². The summed E-state index contributed by atoms with van der Waals surface area (Å²) in [6.45, 7) is 6.75. The Morgan fingerprint density at radius 2 is 1.93 bits per heavy atom. The van der Waals surface area contributed by atoms with E-state index in [4.69, 9.17) is 5.11 Å². The third kappa shape index (κ3) is 8.21. The van der Waals surface area contributed by atoms with Gasteiger partial charge in [-0.2, -0.15) is 0 Å². The highest BCUT2D eigenvalue weighted by molar-refractivity contribution is 5.86. The maximum atomic E-state index is 12.6. The Morgan fingerprint density at radius 3 is 2.53 bits per heavy atom. The van der Waals surface area contributed by atoms with Gasteiger partial charge in [0.05, 0.1) is 0 Å². The average molecular weight is 424 g/mol. The summed E-state index contributed by atoms with van der Waals surface area (Å²) >= 11 is 0. The minimum Gasteiger partial charge on any atom is -0.479 e. The first-order valence-electron chi connectivity index (χ1n) is 11.5. The van der Waals surface area contributed by atoms with Crippen LogP contribution in [-0.2, 0) is 14.4 Å². The molecule has 0 aromatic carbocycles. The van der Waals surface area contributed by atoms with Crippen LogP contribution in [0.25, 0.3) is 0 Å². The number of allylic oxidation sites excluding steroid dienone is 1. The second-order valence-corrected chi connectivity index (χ2v) is 9.08. The summed E-state index contributed by atoms with van der Waals surface area (Å²) in [7, 11) is 0. The van der Waals surface area contributed by atoms with E-state index < -0.39 is 11.6 Å². The summed E-state index contributed by atoms with van der Waals surface area (Å²) in [6.07, 6.45) is 13.3. The normalized spacial score (nSPS) is 24.7. The van der Waals surface area contributed by atoms with E-state index in [0.717, 1.165) is 32.1 Å². The molecule has 1 amide bonds. The van der Waals surface area contributed by atoms with Gasteiger partial charge in [-0.15, -0.1) is 0 Å². The SMILES string of the molecule is CCCCCCC=C[C@H]1[C@H](NC(C)=O)CC(=O)[C@@H]1CCCCC(C)C(C)(O)C(=O)O. The molecule has 0 radical (unpaired) electrons. The Labute approximate surface area is 181 Å². The molecule has 30 heavy (non-hydrogen) atoms. The molecule has 2 unspecified atom stereocenters. The van der Waals surface area contributed by atoms with E-state index in [-0.39, 0.29) is 35.5 Å². The van der Waals surface area contributed by atoms with Gasteiger partial charge in [-0.05, 0) is 38.5 Å². The van der Waals surface area contributed by atoms with Crippen molar-refractivity contribution in [2.45, 2.75) is 104 Å². The molecule has 172 valence electrons. The fraction of sp³-hybridized carbons (Fsp3) is 0.792. The van der Waals surface area contributed by atoms with E-state index in [1.807, 2.05) is 0 Å². The molecule has 5 atom stereocenters. The van der Waals surface area contributed by atoms with Crippen LogP contribution in [0.2, 0.25) is 0 Å². The number of nitrogens with one attached hydrogen (secondary N) is 1. The number of carbonyl (C=O) groups excluding carboxylic acids is 2. The standard InChI is InChI=1S/C24H41NO5/c1-5-6-7-8-9-10-14-19-20(22(27)16-21(19)25-18(3)26)15-12-11-13-17(2)24(4,30)23(28)29/h10,14,17,19-21,30H,5-9,11-13,15-16H2,1-4H3,(H,25,26)(H,28,29)/t17?,19-,20-,21-,24?/m1/s1. The number of aliphatic carboxylic acids is 1. The van der Waals surface area contributed by atoms with Gasteiger partial charge in [-0.3, -0.25) is 9.59 Å². The molecule has 0 aliphatic heterocycles. The molecular formula is C24H41NO5. The zero-order valence-corrected chi connectivity index (χ0v) is 19.2. The van der Waals surface area contributed by atoms with Crippen LogP contribution >= 0.6 is 0 Å². The molecule has 1 aliphatic rings. The monoisotopic (exact) mass is 423 g/mol. The zero-order valence-electron chi connectivity index (χ0n) is 19.2. The lowest BCUT2D eigenvalue weighted by atomic mass is 9.84. The minimum absolute atomic E-state index is 0.0205. The summed E-state index contributed by atoms with van der Waals surface area (Å²) < 4.78 is 0. The van der Waals surface area contributed by atoms with Gasteiger partial charge in [0.25, 0.3) is 0 Å². The summed E-state index contributed by atoms with van der Waals surface area (Å²) in [5.74, 6) is -1.57. The Hall–Kier alpha value is -1.69. The highest BCUT2D eigenvalue weighted by Crippen LogP contribution is 2.35. The molecule has 0 saturated heterocycles. The number of carbonyl (C=O) groups is 3. The van der Waals surface area contributed by atoms with Crippen molar-refractivity contribution < 1.29 is 24.6 Å². The first-order chi connectivity index (χ1) is 14.1. The molecule has 0 heterocycles. The van der Waals surface area contributed by atoms with Crippen LogP contribution in [0, 0.1) is 17.8 Å². The maximum Gasteiger partial charge on any atom is 0.335 e. The van der Waals surface area contributed by atoms with Gasteiger partial charge in [-0.1, -0.05) is 58.1 Å². The van der Waals surface area contributed by atoms with Crippen LogP contribution in [0.1, 0.15) is 91.9 Å². The summed E-state index contributed by atoms with van der Waals surface area (Å²) in [5.41, 5.74) is -1.73. The number of ketones is 1. The largest absolute Gasteiger partial charge is 0.479 e. The van der Waals surface area contributed by atoms with Gasteiger partial charge in [-0.25, -0.2) is 4.79 Å². The maximum absolute atomic E-state index is 12.6. The molecular weight excluding hydrogens is 382 g/mol. The van der Waals surface area contributed by atoms with E-state index in [0.29, 0.717) is 12.8 Å². The second kappa shape index (κ2) is 12.9. The second-order valence-electron chi connectivity index (χ2n) is 9.08. The molecule has 0 spiro atoms. The quantitative estimate of drug-likeness (QED) is 0.286. The molecule has 1 aliphatic carbocycles. The minimum atomic E-state index is -1.73. The van der Waals surface area contributed by atoms with Crippen molar-refractivity contribution in [2.75, 3.05) is 0 Å². The summed E-state index contributed by atoms with van der Waals surface area (Å²) in [6, 6.07) is -0.140. The molecule has 1 saturated carbocycles. The van der Waals surface area contributed by atoms with E-state index in [1.54, 1.807) is 6.92 Å². The predicted octanol–water partition coefficient (Wildman–Crippen LogP) is 4.26. The number of carboxylic acids is 1. The van der Waals surface area contributed by atoms with Crippen molar-refractivity contribution in [2.24, 2.45) is 17.8 Å². The van der Waals surface area contributed by atoms with E-state index in [2.05, 4.69) is 24.4 Å². The number of aliphatic hydroxyl groups is 1. The Kier molecular flexibility index (Phi) is 11.3. The molecule has 6 heteroatoms. The van der Waals surface area contributed by atoms with Gasteiger partial charge in [0.1, 0.15) is 5.78 Å². The fourth-order valence-electron chi connectivity index (χ4n) is 4.28. The molecule has 3 N–H and O–H groups in total. The van der Waals surface area contributed by atoms with Crippen LogP contribution in [-0.4, -0.2) is 39.5 Å². The molecule has 0 aromatic heterocycles. The van der Waals surface area contributed by atoms with Crippen molar-refractivity contribution in [1.29, 1.82) is 0 Å². The molecule has 0 bridgehead atoms. The molecule has 6 nitrogen and oxygen atoms in total. The first kappa shape index (κ1) is 26.3. The predicted molar refractivity (Wildman–Crippen MR) is 118 cm³/mol. The number of rotatable bonds is 14. The van der Waals surface area contributed by atoms with Crippen molar-refractivity contribution in [3.8, 4) is 0 Å². The van der Waals surface area contributed by atoms with Gasteiger partial charge in [0, 0.05) is 31.2 Å². The number of Topliss-reactive ketones (excluding diaryl/α,β-unsaturated/α-hetero) is 1. The van der Waals surface area contributed by atoms with E-state index in [1.165, 1.54) is 33.1 Å². The number of hydrogen-bond donors (Lipinski definition) is 3. The fourth-order valence-corrected chi connectivity index (χ4v) is 4.28. The average Bonchev–Trinajstić information content (AvgIpc) is 2.95. The number of unbranched alkanes of at least 4 members (excludes halogenated alkanes) is 5. The van der Waals surface area contributed by atoms with Crippen LogP contribution in [0.5, 0.6) is 0 Å². The lowest BCUT2D eigenvalue weighted by Crippen LogP contribution is -2.41. The highest BCUT2D eigenvalue weighted by atomic mass is 16.4.